The van der Waals surface area contributed by atoms with Gasteiger partial charge in [-0.3, -0.25) is 4.90 Å². The van der Waals surface area contributed by atoms with Crippen molar-refractivity contribution in [3.05, 3.63) is 23.7 Å². The maximum absolute atomic E-state index is 10.8. The van der Waals surface area contributed by atoms with Crippen LogP contribution in [0.25, 0.3) is 0 Å². The average molecular weight is 280 g/mol. The SMILES string of the molecule is CC(C)CN1CCN(C(C)c2ccc(C(=O)O)o2)CC1. The van der Waals surface area contributed by atoms with E-state index in [9.17, 15) is 4.79 Å². The van der Waals surface area contributed by atoms with Crippen molar-refractivity contribution in [2.45, 2.75) is 26.8 Å². The zero-order valence-electron chi connectivity index (χ0n) is 12.5. The Bertz CT molecular complexity index is 448. The fraction of sp³-hybridized carbons (Fsp3) is 0.667. The lowest BCUT2D eigenvalue weighted by Gasteiger charge is -2.38. The molecular formula is C15H24N2O3. The van der Waals surface area contributed by atoms with Crippen LogP contribution in [0.15, 0.2) is 16.5 Å². The molecule has 1 aromatic heterocycles. The number of piperazine rings is 1. The van der Waals surface area contributed by atoms with E-state index in [1.165, 1.54) is 6.07 Å². The molecule has 0 aliphatic carbocycles. The van der Waals surface area contributed by atoms with Gasteiger partial charge in [0.15, 0.2) is 0 Å². The lowest BCUT2D eigenvalue weighted by Crippen LogP contribution is -2.47. The summed E-state index contributed by atoms with van der Waals surface area (Å²) in [6.45, 7) is 11.8. The first-order valence-corrected chi connectivity index (χ1v) is 7.26. The van der Waals surface area contributed by atoms with Crippen LogP contribution in [0.4, 0.5) is 0 Å². The van der Waals surface area contributed by atoms with E-state index in [0.717, 1.165) is 38.5 Å². The van der Waals surface area contributed by atoms with Crippen molar-refractivity contribution in [3.8, 4) is 0 Å². The van der Waals surface area contributed by atoms with Crippen LogP contribution in [0, 0.1) is 5.92 Å². The molecule has 1 aromatic rings. The van der Waals surface area contributed by atoms with Crippen molar-refractivity contribution in [1.82, 2.24) is 9.80 Å². The van der Waals surface area contributed by atoms with Gasteiger partial charge >= 0.3 is 5.97 Å². The van der Waals surface area contributed by atoms with E-state index in [-0.39, 0.29) is 11.8 Å². The Balaban J connectivity index is 1.90. The number of nitrogens with zero attached hydrogens (tertiary/aromatic N) is 2. The Morgan fingerprint density at radius 1 is 1.25 bits per heavy atom. The molecule has 0 bridgehead atoms. The Morgan fingerprint density at radius 2 is 1.90 bits per heavy atom. The van der Waals surface area contributed by atoms with Gasteiger partial charge < -0.3 is 14.4 Å². The summed E-state index contributed by atoms with van der Waals surface area (Å²) in [7, 11) is 0. The van der Waals surface area contributed by atoms with Crippen LogP contribution < -0.4 is 0 Å². The number of carboxylic acid groups (broad SMARTS) is 1. The highest BCUT2D eigenvalue weighted by atomic mass is 16.4. The van der Waals surface area contributed by atoms with Gasteiger partial charge in [0.25, 0.3) is 0 Å². The number of rotatable bonds is 5. The zero-order chi connectivity index (χ0) is 14.7. The van der Waals surface area contributed by atoms with Crippen molar-refractivity contribution in [3.63, 3.8) is 0 Å². The molecule has 1 unspecified atom stereocenters. The number of carbonyl (C=O) groups is 1. The Hall–Kier alpha value is -1.33. The van der Waals surface area contributed by atoms with Gasteiger partial charge in [-0.25, -0.2) is 4.79 Å². The van der Waals surface area contributed by atoms with Crippen molar-refractivity contribution in [2.75, 3.05) is 32.7 Å². The molecule has 2 heterocycles. The minimum atomic E-state index is -1.01. The molecule has 1 saturated heterocycles. The highest BCUT2D eigenvalue weighted by Crippen LogP contribution is 2.23. The summed E-state index contributed by atoms with van der Waals surface area (Å²) >= 11 is 0. The van der Waals surface area contributed by atoms with E-state index in [1.54, 1.807) is 6.07 Å². The highest BCUT2D eigenvalue weighted by Gasteiger charge is 2.24. The molecule has 1 N–H and O–H groups in total. The fourth-order valence-corrected chi connectivity index (χ4v) is 2.72. The molecule has 1 aliphatic rings. The molecule has 0 spiro atoms. The third-order valence-electron chi connectivity index (χ3n) is 3.83. The van der Waals surface area contributed by atoms with Crippen LogP contribution in [-0.4, -0.2) is 53.6 Å². The predicted molar refractivity (Wildman–Crippen MR) is 76.9 cm³/mol. The van der Waals surface area contributed by atoms with Crippen LogP contribution in [0.2, 0.25) is 0 Å². The molecule has 2 rings (SSSR count). The molecule has 0 saturated carbocycles. The number of carboxylic acids is 1. The Morgan fingerprint density at radius 3 is 2.40 bits per heavy atom. The standard InChI is InChI=1S/C15H24N2O3/c1-11(2)10-16-6-8-17(9-7-16)12(3)13-4-5-14(20-13)15(18)19/h4-5,11-12H,6-10H2,1-3H3,(H,18,19). The zero-order valence-corrected chi connectivity index (χ0v) is 12.5. The first-order valence-electron chi connectivity index (χ1n) is 7.26. The number of hydrogen-bond acceptors (Lipinski definition) is 4. The molecule has 1 atom stereocenters. The van der Waals surface area contributed by atoms with Crippen molar-refractivity contribution in [2.24, 2.45) is 5.92 Å². The van der Waals surface area contributed by atoms with E-state index >= 15 is 0 Å². The molecule has 5 heteroatoms. The van der Waals surface area contributed by atoms with Gasteiger partial charge in [-0.15, -0.1) is 0 Å². The van der Waals surface area contributed by atoms with Crippen LogP contribution in [-0.2, 0) is 0 Å². The molecule has 0 amide bonds. The average Bonchev–Trinajstić information content (AvgIpc) is 2.88. The molecule has 1 fully saturated rings. The largest absolute Gasteiger partial charge is 0.475 e. The predicted octanol–water partition coefficient (Wildman–Crippen LogP) is 2.31. The van der Waals surface area contributed by atoms with Crippen molar-refractivity contribution < 1.29 is 14.3 Å². The molecule has 0 radical (unpaired) electrons. The van der Waals surface area contributed by atoms with Gasteiger partial charge in [-0.2, -0.15) is 0 Å². The van der Waals surface area contributed by atoms with Gasteiger partial charge in [0, 0.05) is 32.7 Å². The summed E-state index contributed by atoms with van der Waals surface area (Å²) in [5, 5.41) is 8.89. The van der Waals surface area contributed by atoms with Crippen molar-refractivity contribution in [1.29, 1.82) is 0 Å². The minimum absolute atomic E-state index is 0.0188. The first-order chi connectivity index (χ1) is 9.47. The first kappa shape index (κ1) is 15.1. The number of aromatic carboxylic acids is 1. The second kappa shape index (κ2) is 6.41. The molecule has 0 aromatic carbocycles. The normalized spacial score (nSPS) is 19.4. The van der Waals surface area contributed by atoms with Crippen LogP contribution in [0.5, 0.6) is 0 Å². The van der Waals surface area contributed by atoms with E-state index in [4.69, 9.17) is 9.52 Å². The van der Waals surface area contributed by atoms with Crippen LogP contribution >= 0.6 is 0 Å². The van der Waals surface area contributed by atoms with Crippen molar-refractivity contribution >= 4 is 5.97 Å². The topological polar surface area (TPSA) is 56.9 Å². The Kier molecular flexibility index (Phi) is 4.83. The summed E-state index contributed by atoms with van der Waals surface area (Å²) in [6.07, 6.45) is 0. The van der Waals surface area contributed by atoms with E-state index in [1.807, 2.05) is 0 Å². The van der Waals surface area contributed by atoms with Gasteiger partial charge in [0.1, 0.15) is 5.76 Å². The molecular weight excluding hydrogens is 256 g/mol. The van der Waals surface area contributed by atoms with E-state index in [0.29, 0.717) is 5.92 Å². The lowest BCUT2D eigenvalue weighted by atomic mass is 10.1. The summed E-state index contributed by atoms with van der Waals surface area (Å²) in [4.78, 5) is 15.7. The summed E-state index contributed by atoms with van der Waals surface area (Å²) in [5.74, 6) is 0.442. The molecule has 5 nitrogen and oxygen atoms in total. The second-order valence-electron chi connectivity index (χ2n) is 5.91. The van der Waals surface area contributed by atoms with Crippen LogP contribution in [0.3, 0.4) is 0 Å². The quantitative estimate of drug-likeness (QED) is 0.897. The Labute approximate surface area is 120 Å². The fourth-order valence-electron chi connectivity index (χ4n) is 2.72. The minimum Gasteiger partial charge on any atom is -0.475 e. The molecule has 1 aliphatic heterocycles. The second-order valence-corrected chi connectivity index (χ2v) is 5.91. The third kappa shape index (κ3) is 3.61. The highest BCUT2D eigenvalue weighted by molar-refractivity contribution is 5.84. The molecule has 112 valence electrons. The summed E-state index contributed by atoms with van der Waals surface area (Å²) in [5.41, 5.74) is 0. The monoisotopic (exact) mass is 280 g/mol. The van der Waals surface area contributed by atoms with Gasteiger partial charge in [0.2, 0.25) is 5.76 Å². The summed E-state index contributed by atoms with van der Waals surface area (Å²) < 4.78 is 5.40. The molecule has 20 heavy (non-hydrogen) atoms. The maximum Gasteiger partial charge on any atom is 0.371 e. The smallest absolute Gasteiger partial charge is 0.371 e. The van der Waals surface area contributed by atoms with E-state index in [2.05, 4.69) is 30.6 Å². The maximum atomic E-state index is 10.8. The lowest BCUT2D eigenvalue weighted by molar-refractivity contribution is 0.0644. The number of hydrogen-bond donors (Lipinski definition) is 1. The van der Waals surface area contributed by atoms with Gasteiger partial charge in [-0.05, 0) is 25.0 Å². The van der Waals surface area contributed by atoms with Crippen LogP contribution in [0.1, 0.15) is 43.1 Å². The van der Waals surface area contributed by atoms with Gasteiger partial charge in [0.05, 0.1) is 6.04 Å². The van der Waals surface area contributed by atoms with Gasteiger partial charge in [-0.1, -0.05) is 13.8 Å². The third-order valence-corrected chi connectivity index (χ3v) is 3.83. The van der Waals surface area contributed by atoms with E-state index < -0.39 is 5.97 Å². The number of furan rings is 1. The summed E-state index contributed by atoms with van der Waals surface area (Å²) in [6, 6.07) is 3.43.